The van der Waals surface area contributed by atoms with Crippen molar-refractivity contribution in [3.8, 4) is 12.3 Å². The molecule has 0 radical (unpaired) electrons. The van der Waals surface area contributed by atoms with Crippen molar-refractivity contribution in [2.45, 2.75) is 33.2 Å². The SMILES string of the molecule is C#CC(NCCC)C(C)C. The highest BCUT2D eigenvalue weighted by Crippen LogP contribution is 1.98. The third-order valence-corrected chi connectivity index (χ3v) is 1.46. The predicted octanol–water partition coefficient (Wildman–Crippen LogP) is 1.64. The fourth-order valence-corrected chi connectivity index (χ4v) is 0.787. The molecule has 0 aliphatic heterocycles. The lowest BCUT2D eigenvalue weighted by Gasteiger charge is -2.15. The molecule has 0 spiro atoms. The monoisotopic (exact) mass is 139 g/mol. The lowest BCUT2D eigenvalue weighted by Crippen LogP contribution is -2.32. The summed E-state index contributed by atoms with van der Waals surface area (Å²) in [6.07, 6.45) is 6.45. The lowest BCUT2D eigenvalue weighted by molar-refractivity contribution is 0.477. The topological polar surface area (TPSA) is 12.0 Å². The molecule has 1 N–H and O–H groups in total. The van der Waals surface area contributed by atoms with Gasteiger partial charge in [0, 0.05) is 0 Å². The van der Waals surface area contributed by atoms with Crippen molar-refractivity contribution >= 4 is 0 Å². The average Bonchev–Trinajstić information content (AvgIpc) is 1.89. The van der Waals surface area contributed by atoms with Gasteiger partial charge in [0.25, 0.3) is 0 Å². The Morgan fingerprint density at radius 3 is 2.40 bits per heavy atom. The Morgan fingerprint density at radius 1 is 1.50 bits per heavy atom. The summed E-state index contributed by atoms with van der Waals surface area (Å²) in [4.78, 5) is 0. The largest absolute Gasteiger partial charge is 0.303 e. The van der Waals surface area contributed by atoms with Gasteiger partial charge in [-0.1, -0.05) is 26.7 Å². The quantitative estimate of drug-likeness (QED) is 0.584. The van der Waals surface area contributed by atoms with E-state index in [-0.39, 0.29) is 6.04 Å². The zero-order valence-electron chi connectivity index (χ0n) is 7.15. The Hall–Kier alpha value is -0.480. The van der Waals surface area contributed by atoms with Crippen molar-refractivity contribution in [2.75, 3.05) is 6.54 Å². The molecule has 0 aromatic heterocycles. The summed E-state index contributed by atoms with van der Waals surface area (Å²) in [6.45, 7) is 7.42. The van der Waals surface area contributed by atoms with E-state index in [1.807, 2.05) is 0 Å². The summed E-state index contributed by atoms with van der Waals surface area (Å²) in [5, 5.41) is 3.28. The molecule has 0 saturated carbocycles. The molecule has 0 aliphatic rings. The van der Waals surface area contributed by atoms with Gasteiger partial charge in [-0.15, -0.1) is 6.42 Å². The molecule has 58 valence electrons. The standard InChI is InChI=1S/C9H17N/c1-5-7-10-9(6-2)8(3)4/h2,8-10H,5,7H2,1,3-4H3. The van der Waals surface area contributed by atoms with Crippen molar-refractivity contribution in [3.05, 3.63) is 0 Å². The molecule has 10 heavy (non-hydrogen) atoms. The Balaban J connectivity index is 3.53. The molecular weight excluding hydrogens is 122 g/mol. The van der Waals surface area contributed by atoms with Crippen molar-refractivity contribution < 1.29 is 0 Å². The van der Waals surface area contributed by atoms with E-state index in [0.717, 1.165) is 13.0 Å². The number of nitrogens with one attached hydrogen (secondary N) is 1. The first-order chi connectivity index (χ1) is 4.72. The second-order valence-corrected chi connectivity index (χ2v) is 2.84. The van der Waals surface area contributed by atoms with Gasteiger partial charge in [0.05, 0.1) is 6.04 Å². The van der Waals surface area contributed by atoms with E-state index in [0.29, 0.717) is 5.92 Å². The second kappa shape index (κ2) is 5.32. The molecule has 0 amide bonds. The minimum Gasteiger partial charge on any atom is -0.303 e. The molecule has 1 unspecified atom stereocenters. The molecule has 1 heteroatoms. The van der Waals surface area contributed by atoms with Crippen molar-refractivity contribution in [1.29, 1.82) is 0 Å². The minimum atomic E-state index is 0.250. The molecule has 1 nitrogen and oxygen atoms in total. The fraction of sp³-hybridized carbons (Fsp3) is 0.778. The third kappa shape index (κ3) is 3.53. The molecule has 0 aromatic carbocycles. The average molecular weight is 139 g/mol. The van der Waals surface area contributed by atoms with E-state index >= 15 is 0 Å². The Kier molecular flexibility index (Phi) is 5.06. The highest BCUT2D eigenvalue weighted by atomic mass is 14.9. The van der Waals surface area contributed by atoms with Gasteiger partial charge in [-0.3, -0.25) is 0 Å². The van der Waals surface area contributed by atoms with Gasteiger partial charge in [0.15, 0.2) is 0 Å². The number of rotatable bonds is 4. The maximum absolute atomic E-state index is 5.30. The first-order valence-corrected chi connectivity index (χ1v) is 3.91. The molecule has 0 bridgehead atoms. The van der Waals surface area contributed by atoms with Gasteiger partial charge >= 0.3 is 0 Å². The predicted molar refractivity (Wildman–Crippen MR) is 45.8 cm³/mol. The maximum atomic E-state index is 5.30. The van der Waals surface area contributed by atoms with Gasteiger partial charge in [-0.25, -0.2) is 0 Å². The fourth-order valence-electron chi connectivity index (χ4n) is 0.787. The van der Waals surface area contributed by atoms with Crippen LogP contribution in [0.4, 0.5) is 0 Å². The maximum Gasteiger partial charge on any atom is 0.0710 e. The van der Waals surface area contributed by atoms with Gasteiger partial charge in [0.1, 0.15) is 0 Å². The molecule has 0 rings (SSSR count). The lowest BCUT2D eigenvalue weighted by atomic mass is 10.1. The van der Waals surface area contributed by atoms with Crippen LogP contribution >= 0.6 is 0 Å². The van der Waals surface area contributed by atoms with Crippen LogP contribution in [0.1, 0.15) is 27.2 Å². The van der Waals surface area contributed by atoms with E-state index in [1.165, 1.54) is 0 Å². The molecule has 0 heterocycles. The zero-order valence-corrected chi connectivity index (χ0v) is 7.15. The highest BCUT2D eigenvalue weighted by Gasteiger charge is 2.06. The van der Waals surface area contributed by atoms with Crippen LogP contribution in [0.15, 0.2) is 0 Å². The van der Waals surface area contributed by atoms with Gasteiger partial charge in [-0.05, 0) is 18.9 Å². The normalized spacial score (nSPS) is 13.1. The third-order valence-electron chi connectivity index (χ3n) is 1.46. The first-order valence-electron chi connectivity index (χ1n) is 3.91. The van der Waals surface area contributed by atoms with E-state index in [2.05, 4.69) is 32.0 Å². The van der Waals surface area contributed by atoms with Crippen molar-refractivity contribution in [2.24, 2.45) is 5.92 Å². The van der Waals surface area contributed by atoms with E-state index in [9.17, 15) is 0 Å². The summed E-state index contributed by atoms with van der Waals surface area (Å²) in [5.74, 6) is 3.26. The second-order valence-electron chi connectivity index (χ2n) is 2.84. The molecule has 0 saturated heterocycles. The van der Waals surface area contributed by atoms with Gasteiger partial charge < -0.3 is 5.32 Å². The molecule has 0 aromatic rings. The first kappa shape index (κ1) is 9.52. The van der Waals surface area contributed by atoms with Crippen LogP contribution in [0, 0.1) is 18.3 Å². The van der Waals surface area contributed by atoms with Crippen LogP contribution in [0.5, 0.6) is 0 Å². The van der Waals surface area contributed by atoms with Crippen LogP contribution < -0.4 is 5.32 Å². The molecule has 0 fully saturated rings. The van der Waals surface area contributed by atoms with Crippen LogP contribution in [0.3, 0.4) is 0 Å². The summed E-state index contributed by atoms with van der Waals surface area (Å²) < 4.78 is 0. The van der Waals surface area contributed by atoms with Gasteiger partial charge in [-0.2, -0.15) is 0 Å². The van der Waals surface area contributed by atoms with E-state index < -0.39 is 0 Å². The number of hydrogen-bond acceptors (Lipinski definition) is 1. The van der Waals surface area contributed by atoms with Crippen molar-refractivity contribution in [1.82, 2.24) is 5.32 Å². The van der Waals surface area contributed by atoms with Gasteiger partial charge in [0.2, 0.25) is 0 Å². The Bertz CT molecular complexity index is 110. The van der Waals surface area contributed by atoms with Crippen LogP contribution in [0.2, 0.25) is 0 Å². The molecule has 1 atom stereocenters. The van der Waals surface area contributed by atoms with E-state index in [1.54, 1.807) is 0 Å². The smallest absolute Gasteiger partial charge is 0.0710 e. The van der Waals surface area contributed by atoms with Crippen LogP contribution in [-0.4, -0.2) is 12.6 Å². The van der Waals surface area contributed by atoms with Crippen LogP contribution in [0.25, 0.3) is 0 Å². The van der Waals surface area contributed by atoms with E-state index in [4.69, 9.17) is 6.42 Å². The summed E-state index contributed by atoms with van der Waals surface area (Å²) in [5.41, 5.74) is 0. The number of terminal acetylenes is 1. The van der Waals surface area contributed by atoms with Crippen molar-refractivity contribution in [3.63, 3.8) is 0 Å². The highest BCUT2D eigenvalue weighted by molar-refractivity contribution is 5.00. The summed E-state index contributed by atoms with van der Waals surface area (Å²) in [6, 6.07) is 0.250. The molecular formula is C9H17N. The zero-order chi connectivity index (χ0) is 7.98. The Morgan fingerprint density at radius 2 is 2.10 bits per heavy atom. The molecule has 0 aliphatic carbocycles. The number of hydrogen-bond donors (Lipinski definition) is 1. The summed E-state index contributed by atoms with van der Waals surface area (Å²) in [7, 11) is 0. The van der Waals surface area contributed by atoms with Crippen LogP contribution in [-0.2, 0) is 0 Å². The minimum absolute atomic E-state index is 0.250. The summed E-state index contributed by atoms with van der Waals surface area (Å²) >= 11 is 0. The Labute approximate surface area is 64.2 Å².